The molecule has 0 fully saturated rings. The molecular formula is BrFK2. The van der Waals surface area contributed by atoms with Crippen LogP contribution < -0.4 is 124 Å². The molecule has 4 heavy (non-hydrogen) atoms. The van der Waals surface area contributed by atoms with Gasteiger partial charge in [-0.05, 0) is 0 Å². The van der Waals surface area contributed by atoms with E-state index in [0.29, 0.717) is 0 Å². The maximum absolute atomic E-state index is 0. The standard InChI is InChI=1S/BrH.FH.2K/h2*1H;;/q;;2*+1/p-2. The summed E-state index contributed by atoms with van der Waals surface area (Å²) in [7, 11) is 0. The topological polar surface area (TPSA) is 0 Å². The molecule has 0 aromatic carbocycles. The summed E-state index contributed by atoms with van der Waals surface area (Å²) in [6.45, 7) is 0. The molecule has 0 N–H and O–H groups in total. The molecule has 0 atom stereocenters. The van der Waals surface area contributed by atoms with Crippen molar-refractivity contribution in [3.63, 3.8) is 0 Å². The summed E-state index contributed by atoms with van der Waals surface area (Å²) < 4.78 is 0. The van der Waals surface area contributed by atoms with Gasteiger partial charge in [0.15, 0.2) is 0 Å². The van der Waals surface area contributed by atoms with Gasteiger partial charge in [0.25, 0.3) is 0 Å². The summed E-state index contributed by atoms with van der Waals surface area (Å²) in [6, 6.07) is 0. The van der Waals surface area contributed by atoms with Crippen molar-refractivity contribution in [1.82, 2.24) is 0 Å². The van der Waals surface area contributed by atoms with Crippen LogP contribution in [0.15, 0.2) is 0 Å². The van der Waals surface area contributed by atoms with Gasteiger partial charge in [0.2, 0.25) is 0 Å². The minimum absolute atomic E-state index is 0. The van der Waals surface area contributed by atoms with Crippen molar-refractivity contribution in [1.29, 1.82) is 0 Å². The summed E-state index contributed by atoms with van der Waals surface area (Å²) in [4.78, 5) is 0. The monoisotopic (exact) mass is 176 g/mol. The molecule has 0 rings (SSSR count). The predicted molar refractivity (Wildman–Crippen MR) is 0 cm³/mol. The Hall–Kier alpha value is 3.68. The zero-order valence-electron chi connectivity index (χ0n) is 2.76. The summed E-state index contributed by atoms with van der Waals surface area (Å²) in [5.74, 6) is 0. The second-order valence-electron chi connectivity index (χ2n) is 0. The fourth-order valence-electron chi connectivity index (χ4n) is 0. The van der Waals surface area contributed by atoms with Gasteiger partial charge in [-0.3, -0.25) is 0 Å². The average Bonchev–Trinajstić information content (AvgIpc) is 0. The first kappa shape index (κ1) is 25.3. The van der Waals surface area contributed by atoms with Crippen molar-refractivity contribution >= 4 is 0 Å². The Kier molecular flexibility index (Phi) is 101. The van der Waals surface area contributed by atoms with E-state index in [4.69, 9.17) is 0 Å². The quantitative estimate of drug-likeness (QED) is 0.322. The van der Waals surface area contributed by atoms with Crippen molar-refractivity contribution in [2.75, 3.05) is 0 Å². The molecular weight excluding hydrogens is 177 g/mol. The van der Waals surface area contributed by atoms with Crippen LogP contribution in [0.5, 0.6) is 0 Å². The van der Waals surface area contributed by atoms with Gasteiger partial charge in [-0.25, -0.2) is 0 Å². The molecule has 16 valence electrons. The Morgan fingerprint density at radius 3 is 0.750 bits per heavy atom. The normalized spacial score (nSPS) is 0. The van der Waals surface area contributed by atoms with E-state index in [1.807, 2.05) is 0 Å². The first-order chi connectivity index (χ1) is 0. The largest absolute Gasteiger partial charge is 1.00 e. The molecule has 0 amide bonds. The van der Waals surface area contributed by atoms with Crippen LogP contribution in [-0.2, 0) is 0 Å². The van der Waals surface area contributed by atoms with Gasteiger partial charge in [-0.2, -0.15) is 0 Å². The van der Waals surface area contributed by atoms with E-state index >= 15 is 0 Å². The molecule has 0 aliphatic rings. The molecule has 0 radical (unpaired) electrons. The van der Waals surface area contributed by atoms with Crippen molar-refractivity contribution in [3.05, 3.63) is 0 Å². The third kappa shape index (κ3) is 9.19. The molecule has 0 aromatic rings. The van der Waals surface area contributed by atoms with Crippen molar-refractivity contribution in [3.8, 4) is 0 Å². The molecule has 0 saturated carbocycles. The molecule has 0 aromatic heterocycles. The summed E-state index contributed by atoms with van der Waals surface area (Å²) in [5, 5.41) is 0. The maximum Gasteiger partial charge on any atom is 1.00 e. The number of rotatable bonds is 0. The molecule has 0 aliphatic heterocycles. The van der Waals surface area contributed by atoms with Crippen LogP contribution in [0.2, 0.25) is 0 Å². The van der Waals surface area contributed by atoms with E-state index in [1.54, 1.807) is 0 Å². The second kappa shape index (κ2) is 15.9. The van der Waals surface area contributed by atoms with Crippen LogP contribution in [0, 0.1) is 0 Å². The van der Waals surface area contributed by atoms with Gasteiger partial charge in [-0.1, -0.05) is 0 Å². The SMILES string of the molecule is [Br-].[F-].[K+].[K+]. The molecule has 0 unspecified atom stereocenters. The maximum atomic E-state index is 0. The summed E-state index contributed by atoms with van der Waals surface area (Å²) in [5.41, 5.74) is 0. The van der Waals surface area contributed by atoms with E-state index < -0.39 is 0 Å². The molecule has 4 heteroatoms. The summed E-state index contributed by atoms with van der Waals surface area (Å²) in [6.07, 6.45) is 0. The van der Waals surface area contributed by atoms with E-state index in [0.717, 1.165) is 0 Å². The zero-order chi connectivity index (χ0) is 0. The van der Waals surface area contributed by atoms with Crippen LogP contribution in [-0.4, -0.2) is 0 Å². The second-order valence-corrected chi connectivity index (χ2v) is 0. The fourth-order valence-corrected chi connectivity index (χ4v) is 0. The molecule has 0 bridgehead atoms. The van der Waals surface area contributed by atoms with Gasteiger partial charge >= 0.3 is 103 Å². The van der Waals surface area contributed by atoms with Crippen LogP contribution in [0.25, 0.3) is 0 Å². The number of hydrogen-bond acceptors (Lipinski definition) is 0. The van der Waals surface area contributed by atoms with E-state index in [2.05, 4.69) is 0 Å². The van der Waals surface area contributed by atoms with Gasteiger partial charge in [0.05, 0.1) is 0 Å². The third-order valence-corrected chi connectivity index (χ3v) is 0. The first-order valence-electron chi connectivity index (χ1n) is 0. The van der Waals surface area contributed by atoms with Gasteiger partial charge in [0.1, 0.15) is 0 Å². The molecule has 0 saturated heterocycles. The Labute approximate surface area is 120 Å². The minimum atomic E-state index is 0. The van der Waals surface area contributed by atoms with E-state index in [9.17, 15) is 0 Å². The van der Waals surface area contributed by atoms with Gasteiger partial charge in [0, 0.05) is 0 Å². The summed E-state index contributed by atoms with van der Waals surface area (Å²) >= 11 is 0. The smallest absolute Gasteiger partial charge is 1.00 e. The van der Waals surface area contributed by atoms with Crippen LogP contribution >= 0.6 is 0 Å². The first-order valence-corrected chi connectivity index (χ1v) is 0. The molecule has 0 heterocycles. The molecule has 0 aliphatic carbocycles. The molecule has 0 nitrogen and oxygen atoms in total. The zero-order valence-corrected chi connectivity index (χ0v) is 10.6. The van der Waals surface area contributed by atoms with Crippen molar-refractivity contribution in [2.24, 2.45) is 0 Å². The van der Waals surface area contributed by atoms with E-state index in [1.165, 1.54) is 0 Å². The van der Waals surface area contributed by atoms with Crippen molar-refractivity contribution in [2.45, 2.75) is 0 Å². The number of halogens is 2. The fraction of sp³-hybridized carbons (Fsp3) is 0. The Balaban J connectivity index is 0. The van der Waals surface area contributed by atoms with Crippen molar-refractivity contribution < 1.29 is 124 Å². The Bertz CT molecular complexity index is 6.00. The average molecular weight is 177 g/mol. The van der Waals surface area contributed by atoms with E-state index in [-0.39, 0.29) is 124 Å². The number of hydrogen-bond donors (Lipinski definition) is 0. The van der Waals surface area contributed by atoms with Crippen LogP contribution in [0.1, 0.15) is 0 Å². The predicted octanol–water partition coefficient (Wildman–Crippen LogP) is -12.0. The van der Waals surface area contributed by atoms with Gasteiger partial charge < -0.3 is 21.7 Å². The minimum Gasteiger partial charge on any atom is -1.00 e. The van der Waals surface area contributed by atoms with Crippen LogP contribution in [0.3, 0.4) is 0 Å². The Morgan fingerprint density at radius 1 is 0.750 bits per heavy atom. The Morgan fingerprint density at radius 2 is 0.750 bits per heavy atom. The third-order valence-electron chi connectivity index (χ3n) is 0. The van der Waals surface area contributed by atoms with Gasteiger partial charge in [-0.15, -0.1) is 0 Å². The van der Waals surface area contributed by atoms with Crippen LogP contribution in [0.4, 0.5) is 0 Å². The molecule has 0 spiro atoms.